The molecule has 2 aromatic rings. The smallest absolute Gasteiger partial charge is 0.307 e. The van der Waals surface area contributed by atoms with Gasteiger partial charge in [0.15, 0.2) is 0 Å². The summed E-state index contributed by atoms with van der Waals surface area (Å²) in [5, 5.41) is 12.6. The third kappa shape index (κ3) is 3.50. The van der Waals surface area contributed by atoms with Crippen molar-refractivity contribution in [2.45, 2.75) is 6.42 Å². The molecular weight excluding hydrogens is 250 g/mol. The molecule has 0 bridgehead atoms. The van der Waals surface area contributed by atoms with Crippen LogP contribution in [0.1, 0.15) is 5.56 Å². The van der Waals surface area contributed by atoms with Crippen molar-refractivity contribution in [2.24, 2.45) is 0 Å². The fourth-order valence-corrected chi connectivity index (χ4v) is 1.71. The van der Waals surface area contributed by atoms with Crippen LogP contribution in [0.3, 0.4) is 0 Å². The molecule has 0 heterocycles. The van der Waals surface area contributed by atoms with Gasteiger partial charge < -0.3 is 10.4 Å². The highest BCUT2D eigenvalue weighted by Crippen LogP contribution is 2.19. The average molecular weight is 262 g/mol. The summed E-state index contributed by atoms with van der Waals surface area (Å²) < 4.78 is 0. The zero-order valence-corrected chi connectivity index (χ0v) is 10.3. The van der Waals surface area contributed by atoms with E-state index in [0.29, 0.717) is 5.02 Å². The topological polar surface area (TPSA) is 49.3 Å². The summed E-state index contributed by atoms with van der Waals surface area (Å²) in [5.41, 5.74) is 2.63. The number of halogens is 1. The Hall–Kier alpha value is -2.00. The van der Waals surface area contributed by atoms with Crippen LogP contribution in [0.15, 0.2) is 48.5 Å². The first-order chi connectivity index (χ1) is 8.63. The van der Waals surface area contributed by atoms with Gasteiger partial charge in [0.05, 0.1) is 6.42 Å². The van der Waals surface area contributed by atoms with E-state index in [1.165, 1.54) is 0 Å². The van der Waals surface area contributed by atoms with E-state index in [0.717, 1.165) is 16.9 Å². The monoisotopic (exact) mass is 261 g/mol. The quantitative estimate of drug-likeness (QED) is 0.882. The second-order valence-electron chi connectivity index (χ2n) is 3.90. The van der Waals surface area contributed by atoms with E-state index in [1.54, 1.807) is 12.1 Å². The Bertz CT molecular complexity index is 535. The lowest BCUT2D eigenvalue weighted by atomic mass is 10.1. The van der Waals surface area contributed by atoms with E-state index in [-0.39, 0.29) is 6.42 Å². The molecule has 0 atom stereocenters. The van der Waals surface area contributed by atoms with Crippen LogP contribution in [-0.4, -0.2) is 11.1 Å². The molecule has 4 heteroatoms. The molecule has 0 aromatic heterocycles. The van der Waals surface area contributed by atoms with Crippen molar-refractivity contribution in [3.63, 3.8) is 0 Å². The molecule has 0 fully saturated rings. The van der Waals surface area contributed by atoms with E-state index >= 15 is 0 Å². The van der Waals surface area contributed by atoms with Crippen molar-refractivity contribution in [3.05, 3.63) is 59.1 Å². The van der Waals surface area contributed by atoms with E-state index < -0.39 is 5.97 Å². The molecule has 0 unspecified atom stereocenters. The molecule has 0 saturated heterocycles. The first-order valence-corrected chi connectivity index (χ1v) is 5.84. The van der Waals surface area contributed by atoms with Crippen LogP contribution in [-0.2, 0) is 11.2 Å². The van der Waals surface area contributed by atoms with Gasteiger partial charge >= 0.3 is 5.97 Å². The Balaban J connectivity index is 2.06. The number of carboxylic acid groups (broad SMARTS) is 1. The lowest BCUT2D eigenvalue weighted by Gasteiger charge is -2.07. The maximum Gasteiger partial charge on any atom is 0.307 e. The first kappa shape index (κ1) is 12.5. The highest BCUT2D eigenvalue weighted by Gasteiger charge is 2.00. The van der Waals surface area contributed by atoms with Gasteiger partial charge in [0.25, 0.3) is 0 Å². The van der Waals surface area contributed by atoms with Gasteiger partial charge in [-0.25, -0.2) is 0 Å². The molecule has 3 nitrogen and oxygen atoms in total. The summed E-state index contributed by atoms with van der Waals surface area (Å²) in [7, 11) is 0. The standard InChI is InChI=1S/C14H12ClNO2/c15-11-3-7-13(8-4-11)16-12-5-1-10(2-6-12)9-14(17)18/h1-8,16H,9H2,(H,17,18). The molecule has 0 aliphatic heterocycles. The van der Waals surface area contributed by atoms with Crippen molar-refractivity contribution >= 4 is 28.9 Å². The number of rotatable bonds is 4. The van der Waals surface area contributed by atoms with Gasteiger partial charge in [0.1, 0.15) is 0 Å². The van der Waals surface area contributed by atoms with Crippen LogP contribution in [0.2, 0.25) is 5.02 Å². The summed E-state index contributed by atoms with van der Waals surface area (Å²) in [6.07, 6.45) is 0.0429. The minimum absolute atomic E-state index is 0.0429. The van der Waals surface area contributed by atoms with E-state index in [1.807, 2.05) is 36.4 Å². The fraction of sp³-hybridized carbons (Fsp3) is 0.0714. The van der Waals surface area contributed by atoms with Crippen LogP contribution >= 0.6 is 11.6 Å². The maximum atomic E-state index is 10.5. The lowest BCUT2D eigenvalue weighted by Crippen LogP contribution is -1.99. The molecule has 2 aromatic carbocycles. The van der Waals surface area contributed by atoms with Crippen LogP contribution in [0.4, 0.5) is 11.4 Å². The number of carbonyl (C=O) groups is 1. The Morgan fingerprint density at radius 3 is 2.00 bits per heavy atom. The van der Waals surface area contributed by atoms with Gasteiger partial charge in [0, 0.05) is 16.4 Å². The van der Waals surface area contributed by atoms with Gasteiger partial charge in [0.2, 0.25) is 0 Å². The summed E-state index contributed by atoms with van der Waals surface area (Å²) >= 11 is 5.80. The van der Waals surface area contributed by atoms with Gasteiger partial charge in [-0.3, -0.25) is 4.79 Å². The van der Waals surface area contributed by atoms with E-state index in [4.69, 9.17) is 16.7 Å². The summed E-state index contributed by atoms with van der Waals surface area (Å²) in [6, 6.07) is 14.7. The van der Waals surface area contributed by atoms with Crippen molar-refractivity contribution in [1.29, 1.82) is 0 Å². The van der Waals surface area contributed by atoms with Crippen LogP contribution in [0.5, 0.6) is 0 Å². The highest BCUT2D eigenvalue weighted by molar-refractivity contribution is 6.30. The zero-order valence-electron chi connectivity index (χ0n) is 9.56. The number of benzene rings is 2. The third-order valence-electron chi connectivity index (χ3n) is 2.44. The fourth-order valence-electron chi connectivity index (χ4n) is 1.58. The van der Waals surface area contributed by atoms with Crippen LogP contribution in [0, 0.1) is 0 Å². The molecule has 18 heavy (non-hydrogen) atoms. The maximum absolute atomic E-state index is 10.5. The SMILES string of the molecule is O=C(O)Cc1ccc(Nc2ccc(Cl)cc2)cc1. The molecule has 0 saturated carbocycles. The molecule has 0 amide bonds. The van der Waals surface area contributed by atoms with Crippen LogP contribution in [0.25, 0.3) is 0 Å². The minimum atomic E-state index is -0.826. The molecule has 2 N–H and O–H groups in total. The second kappa shape index (κ2) is 5.56. The molecular formula is C14H12ClNO2. The third-order valence-corrected chi connectivity index (χ3v) is 2.69. The summed E-state index contributed by atoms with van der Waals surface area (Å²) in [6.45, 7) is 0. The molecule has 2 rings (SSSR count). The predicted octanol–water partition coefficient (Wildman–Crippen LogP) is 3.71. The number of nitrogens with one attached hydrogen (secondary N) is 1. The zero-order chi connectivity index (χ0) is 13.0. The molecule has 92 valence electrons. The van der Waals surface area contributed by atoms with Crippen molar-refractivity contribution in [2.75, 3.05) is 5.32 Å². The summed E-state index contributed by atoms with van der Waals surface area (Å²) in [5.74, 6) is -0.826. The van der Waals surface area contributed by atoms with Gasteiger partial charge in [-0.15, -0.1) is 0 Å². The Morgan fingerprint density at radius 1 is 1.00 bits per heavy atom. The molecule has 0 radical (unpaired) electrons. The van der Waals surface area contributed by atoms with E-state index in [2.05, 4.69) is 5.32 Å². The Labute approximate surface area is 110 Å². The number of anilines is 2. The Morgan fingerprint density at radius 2 is 1.50 bits per heavy atom. The van der Waals surface area contributed by atoms with Crippen molar-refractivity contribution < 1.29 is 9.90 Å². The number of aliphatic carboxylic acids is 1. The highest BCUT2D eigenvalue weighted by atomic mass is 35.5. The van der Waals surface area contributed by atoms with Gasteiger partial charge in [-0.1, -0.05) is 23.7 Å². The van der Waals surface area contributed by atoms with Crippen molar-refractivity contribution in [1.82, 2.24) is 0 Å². The largest absolute Gasteiger partial charge is 0.481 e. The molecule has 0 spiro atoms. The molecule has 0 aliphatic carbocycles. The first-order valence-electron chi connectivity index (χ1n) is 5.47. The van der Waals surface area contributed by atoms with Crippen molar-refractivity contribution in [3.8, 4) is 0 Å². The lowest BCUT2D eigenvalue weighted by molar-refractivity contribution is -0.136. The normalized spacial score (nSPS) is 10.1. The van der Waals surface area contributed by atoms with Crippen LogP contribution < -0.4 is 5.32 Å². The summed E-state index contributed by atoms with van der Waals surface area (Å²) in [4.78, 5) is 10.5. The Kier molecular flexibility index (Phi) is 3.85. The average Bonchev–Trinajstić information content (AvgIpc) is 2.34. The number of hydrogen-bond acceptors (Lipinski definition) is 2. The van der Waals surface area contributed by atoms with Gasteiger partial charge in [-0.2, -0.15) is 0 Å². The molecule has 0 aliphatic rings. The minimum Gasteiger partial charge on any atom is -0.481 e. The predicted molar refractivity (Wildman–Crippen MR) is 72.5 cm³/mol. The van der Waals surface area contributed by atoms with Gasteiger partial charge in [-0.05, 0) is 42.0 Å². The number of hydrogen-bond donors (Lipinski definition) is 2. The second-order valence-corrected chi connectivity index (χ2v) is 4.34. The van der Waals surface area contributed by atoms with E-state index in [9.17, 15) is 4.79 Å². The number of carboxylic acids is 1.